The molecular formula is C8H14O3. The van der Waals surface area contributed by atoms with Crippen molar-refractivity contribution in [3.63, 3.8) is 0 Å². The van der Waals surface area contributed by atoms with E-state index in [2.05, 4.69) is 0 Å². The highest BCUT2D eigenvalue weighted by Gasteiger charge is 2.28. The fraction of sp³-hybridized carbons (Fsp3) is 0.875. The van der Waals surface area contributed by atoms with Crippen LogP contribution in [0.15, 0.2) is 0 Å². The molecular weight excluding hydrogens is 144 g/mol. The van der Waals surface area contributed by atoms with Gasteiger partial charge in [-0.1, -0.05) is 0 Å². The van der Waals surface area contributed by atoms with Gasteiger partial charge in [0.25, 0.3) is 0 Å². The van der Waals surface area contributed by atoms with Gasteiger partial charge < -0.3 is 9.47 Å². The van der Waals surface area contributed by atoms with Crippen LogP contribution in [0.4, 0.5) is 0 Å². The smallest absolute Gasteiger partial charge is 0.217 e. The van der Waals surface area contributed by atoms with Gasteiger partial charge in [0.05, 0.1) is 0 Å². The molecule has 0 saturated heterocycles. The predicted molar refractivity (Wildman–Crippen MR) is 40.2 cm³/mol. The normalized spacial score (nSPS) is 17.4. The lowest BCUT2D eigenvalue weighted by Crippen LogP contribution is -2.24. The second kappa shape index (κ2) is 3.83. The van der Waals surface area contributed by atoms with Gasteiger partial charge in [-0.25, -0.2) is 0 Å². The minimum absolute atomic E-state index is 0.0671. The van der Waals surface area contributed by atoms with Crippen molar-refractivity contribution < 1.29 is 14.3 Å². The molecule has 0 spiro atoms. The molecule has 64 valence electrons. The molecule has 0 radical (unpaired) electrons. The summed E-state index contributed by atoms with van der Waals surface area (Å²) in [5.74, 6) is 0.674. The van der Waals surface area contributed by atoms with E-state index in [0.29, 0.717) is 12.3 Å². The first kappa shape index (κ1) is 8.68. The number of ketones is 1. The standard InChI is InChI=1S/C8H14O3/c1-10-8(11-2)7(9)5-6-3-4-6/h6,8H,3-5H2,1-2H3. The number of hydrogen-bond acceptors (Lipinski definition) is 3. The monoisotopic (exact) mass is 158 g/mol. The zero-order valence-electron chi connectivity index (χ0n) is 7.00. The van der Waals surface area contributed by atoms with Crippen LogP contribution in [0.25, 0.3) is 0 Å². The van der Waals surface area contributed by atoms with E-state index in [1.54, 1.807) is 0 Å². The zero-order chi connectivity index (χ0) is 8.27. The molecule has 0 unspecified atom stereocenters. The number of hydrogen-bond donors (Lipinski definition) is 0. The molecule has 3 nitrogen and oxygen atoms in total. The molecule has 11 heavy (non-hydrogen) atoms. The summed E-state index contributed by atoms with van der Waals surface area (Å²) in [6.45, 7) is 0. The third-order valence-electron chi connectivity index (χ3n) is 1.88. The minimum atomic E-state index is -0.643. The van der Waals surface area contributed by atoms with Gasteiger partial charge in [-0.05, 0) is 18.8 Å². The maximum absolute atomic E-state index is 11.2. The van der Waals surface area contributed by atoms with Crippen LogP contribution in [0.1, 0.15) is 19.3 Å². The highest BCUT2D eigenvalue weighted by molar-refractivity contribution is 5.82. The fourth-order valence-corrected chi connectivity index (χ4v) is 1.06. The van der Waals surface area contributed by atoms with E-state index in [9.17, 15) is 4.79 Å². The lowest BCUT2D eigenvalue weighted by Gasteiger charge is -2.10. The first-order chi connectivity index (χ1) is 5.27. The van der Waals surface area contributed by atoms with Gasteiger partial charge in [0.1, 0.15) is 0 Å². The average Bonchev–Trinajstić information content (AvgIpc) is 2.74. The van der Waals surface area contributed by atoms with Gasteiger partial charge in [-0.3, -0.25) is 4.79 Å². The lowest BCUT2D eigenvalue weighted by molar-refractivity contribution is -0.157. The Kier molecular flexibility index (Phi) is 3.02. The van der Waals surface area contributed by atoms with Gasteiger partial charge in [-0.2, -0.15) is 0 Å². The van der Waals surface area contributed by atoms with E-state index in [4.69, 9.17) is 9.47 Å². The van der Waals surface area contributed by atoms with Crippen LogP contribution in [0, 0.1) is 5.92 Å². The Morgan fingerprint density at radius 3 is 2.36 bits per heavy atom. The summed E-state index contributed by atoms with van der Waals surface area (Å²) in [6.07, 6.45) is 2.35. The number of Topliss-reactive ketones (excluding diaryl/α,β-unsaturated/α-hetero) is 1. The summed E-state index contributed by atoms with van der Waals surface area (Å²) in [7, 11) is 2.97. The van der Waals surface area contributed by atoms with E-state index in [-0.39, 0.29) is 5.78 Å². The zero-order valence-corrected chi connectivity index (χ0v) is 7.00. The first-order valence-electron chi connectivity index (χ1n) is 3.86. The SMILES string of the molecule is COC(OC)C(=O)CC1CC1. The van der Waals surface area contributed by atoms with Gasteiger partial charge in [0.2, 0.25) is 6.29 Å². The van der Waals surface area contributed by atoms with Crippen LogP contribution in [-0.2, 0) is 14.3 Å². The van der Waals surface area contributed by atoms with E-state index in [1.165, 1.54) is 27.1 Å². The van der Waals surface area contributed by atoms with Crippen LogP contribution >= 0.6 is 0 Å². The molecule has 0 amide bonds. The van der Waals surface area contributed by atoms with Gasteiger partial charge in [0, 0.05) is 20.6 Å². The van der Waals surface area contributed by atoms with E-state index in [1.807, 2.05) is 0 Å². The van der Waals surface area contributed by atoms with Crippen molar-refractivity contribution in [2.75, 3.05) is 14.2 Å². The molecule has 0 N–H and O–H groups in total. The van der Waals surface area contributed by atoms with Crippen molar-refractivity contribution in [2.24, 2.45) is 5.92 Å². The summed E-state index contributed by atoms with van der Waals surface area (Å²) >= 11 is 0. The van der Waals surface area contributed by atoms with Crippen molar-refractivity contribution in [3.05, 3.63) is 0 Å². The Morgan fingerprint density at radius 2 is 2.00 bits per heavy atom. The molecule has 1 fully saturated rings. The third kappa shape index (κ3) is 2.60. The van der Waals surface area contributed by atoms with Crippen molar-refractivity contribution in [2.45, 2.75) is 25.6 Å². The molecule has 0 aromatic carbocycles. The molecule has 1 saturated carbocycles. The van der Waals surface area contributed by atoms with E-state index >= 15 is 0 Å². The number of ether oxygens (including phenoxy) is 2. The summed E-state index contributed by atoms with van der Waals surface area (Å²) in [4.78, 5) is 11.2. The topological polar surface area (TPSA) is 35.5 Å². The number of rotatable bonds is 5. The maximum atomic E-state index is 11.2. The Morgan fingerprint density at radius 1 is 1.45 bits per heavy atom. The van der Waals surface area contributed by atoms with Crippen LogP contribution in [0.3, 0.4) is 0 Å². The second-order valence-electron chi connectivity index (χ2n) is 2.92. The van der Waals surface area contributed by atoms with Crippen molar-refractivity contribution >= 4 is 5.78 Å². The average molecular weight is 158 g/mol. The Bertz CT molecular complexity index is 136. The second-order valence-corrected chi connectivity index (χ2v) is 2.92. The molecule has 0 aliphatic heterocycles. The predicted octanol–water partition coefficient (Wildman–Crippen LogP) is 0.974. The van der Waals surface area contributed by atoms with Crippen LogP contribution in [0.5, 0.6) is 0 Å². The van der Waals surface area contributed by atoms with E-state index < -0.39 is 6.29 Å². The molecule has 1 aliphatic carbocycles. The highest BCUT2D eigenvalue weighted by atomic mass is 16.7. The van der Waals surface area contributed by atoms with Crippen LogP contribution in [0.2, 0.25) is 0 Å². The number of carbonyl (C=O) groups excluding carboxylic acids is 1. The fourth-order valence-electron chi connectivity index (χ4n) is 1.06. The van der Waals surface area contributed by atoms with Crippen LogP contribution in [-0.4, -0.2) is 26.3 Å². The molecule has 1 rings (SSSR count). The first-order valence-corrected chi connectivity index (χ1v) is 3.86. The summed E-state index contributed by atoms with van der Waals surface area (Å²) < 4.78 is 9.64. The molecule has 1 aliphatic rings. The quantitative estimate of drug-likeness (QED) is 0.559. The minimum Gasteiger partial charge on any atom is -0.349 e. The van der Waals surface area contributed by atoms with Crippen molar-refractivity contribution in [3.8, 4) is 0 Å². The van der Waals surface area contributed by atoms with Crippen molar-refractivity contribution in [1.82, 2.24) is 0 Å². The Labute approximate surface area is 66.7 Å². The number of methoxy groups -OCH3 is 2. The van der Waals surface area contributed by atoms with E-state index in [0.717, 1.165) is 0 Å². The van der Waals surface area contributed by atoms with Gasteiger partial charge in [-0.15, -0.1) is 0 Å². The summed E-state index contributed by atoms with van der Waals surface area (Å²) in [5.41, 5.74) is 0. The third-order valence-corrected chi connectivity index (χ3v) is 1.88. The van der Waals surface area contributed by atoms with Gasteiger partial charge >= 0.3 is 0 Å². The molecule has 0 aromatic heterocycles. The largest absolute Gasteiger partial charge is 0.349 e. The Balaban J connectivity index is 2.24. The summed E-state index contributed by atoms with van der Waals surface area (Å²) in [5, 5.41) is 0. The molecule has 0 atom stereocenters. The highest BCUT2D eigenvalue weighted by Crippen LogP contribution is 2.32. The lowest BCUT2D eigenvalue weighted by atomic mass is 10.2. The summed E-state index contributed by atoms with van der Waals surface area (Å²) in [6, 6.07) is 0. The van der Waals surface area contributed by atoms with Gasteiger partial charge in [0.15, 0.2) is 5.78 Å². The van der Waals surface area contributed by atoms with Crippen LogP contribution < -0.4 is 0 Å². The molecule has 3 heteroatoms. The maximum Gasteiger partial charge on any atom is 0.217 e. The number of carbonyl (C=O) groups is 1. The molecule has 0 bridgehead atoms. The molecule has 0 aromatic rings. The molecule has 0 heterocycles. The Hall–Kier alpha value is -0.410. The van der Waals surface area contributed by atoms with Crippen molar-refractivity contribution in [1.29, 1.82) is 0 Å².